The Labute approximate surface area is 106 Å². The van der Waals surface area contributed by atoms with Crippen molar-refractivity contribution < 1.29 is 9.53 Å². The summed E-state index contributed by atoms with van der Waals surface area (Å²) in [7, 11) is 0. The Morgan fingerprint density at radius 3 is 2.12 bits per heavy atom. The van der Waals surface area contributed by atoms with E-state index in [9.17, 15) is 4.79 Å². The van der Waals surface area contributed by atoms with E-state index >= 15 is 0 Å². The molecule has 0 aromatic rings. The van der Waals surface area contributed by atoms with E-state index in [1.807, 2.05) is 0 Å². The van der Waals surface area contributed by atoms with Crippen LogP contribution in [0, 0.1) is 0 Å². The van der Waals surface area contributed by atoms with Gasteiger partial charge in [-0.25, -0.2) is 0 Å². The van der Waals surface area contributed by atoms with Crippen molar-refractivity contribution in [1.29, 1.82) is 0 Å². The predicted octanol–water partition coefficient (Wildman–Crippen LogP) is 2.64. The topological polar surface area (TPSA) is 29.5 Å². The third-order valence-electron chi connectivity index (χ3n) is 3.01. The first kappa shape index (κ1) is 14.7. The maximum atomic E-state index is 10.9. The van der Waals surface area contributed by atoms with Gasteiger partial charge in [-0.15, -0.1) is 0 Å². The van der Waals surface area contributed by atoms with E-state index in [2.05, 4.69) is 32.6 Å². The normalized spacial score (nSPS) is 23.6. The summed E-state index contributed by atoms with van der Waals surface area (Å²) in [5.41, 5.74) is -0.134. The van der Waals surface area contributed by atoms with Crippen molar-refractivity contribution in [2.75, 3.05) is 19.6 Å². The molecule has 100 valence electrons. The molecule has 0 N–H and O–H groups in total. The molecule has 0 atom stereocenters. The molecule has 0 aliphatic carbocycles. The maximum absolute atomic E-state index is 10.9. The van der Waals surface area contributed by atoms with E-state index in [4.69, 9.17) is 4.74 Å². The van der Waals surface area contributed by atoms with Crippen LogP contribution in [0.25, 0.3) is 0 Å². The second-order valence-electron chi connectivity index (χ2n) is 6.49. The van der Waals surface area contributed by atoms with Crippen molar-refractivity contribution in [1.82, 2.24) is 4.90 Å². The Balaban J connectivity index is 2.35. The predicted molar refractivity (Wildman–Crippen MR) is 70.2 cm³/mol. The van der Waals surface area contributed by atoms with E-state index in [-0.39, 0.29) is 11.2 Å². The van der Waals surface area contributed by atoms with Gasteiger partial charge in [-0.2, -0.15) is 0 Å². The number of ketones is 1. The van der Waals surface area contributed by atoms with Gasteiger partial charge < -0.3 is 9.53 Å². The smallest absolute Gasteiger partial charge is 0.129 e. The fraction of sp³-hybridized carbons (Fsp3) is 0.929. The highest BCUT2D eigenvalue weighted by molar-refractivity contribution is 5.75. The van der Waals surface area contributed by atoms with Gasteiger partial charge in [-0.1, -0.05) is 0 Å². The van der Waals surface area contributed by atoms with Crippen molar-refractivity contribution in [3.8, 4) is 0 Å². The second kappa shape index (κ2) is 5.49. The van der Waals surface area contributed by atoms with Crippen LogP contribution in [0.1, 0.15) is 53.9 Å². The molecular formula is C14H27NO2. The van der Waals surface area contributed by atoms with Crippen LogP contribution in [0.5, 0.6) is 0 Å². The van der Waals surface area contributed by atoms with Crippen LogP contribution in [-0.4, -0.2) is 41.5 Å². The van der Waals surface area contributed by atoms with Crippen LogP contribution in [0.2, 0.25) is 0 Å². The molecule has 1 rings (SSSR count). The van der Waals surface area contributed by atoms with Gasteiger partial charge >= 0.3 is 0 Å². The number of unbranched alkanes of at least 4 members (excludes halogenated alkanes) is 1. The largest absolute Gasteiger partial charge is 0.367 e. The zero-order chi connectivity index (χ0) is 13.1. The number of carbonyl (C=O) groups is 1. The Kier molecular flexibility index (Phi) is 4.73. The Bertz CT molecular complexity index is 255. The number of carbonyl (C=O) groups excluding carboxylic acids is 1. The van der Waals surface area contributed by atoms with Gasteiger partial charge in [0.2, 0.25) is 0 Å². The van der Waals surface area contributed by atoms with E-state index in [1.165, 1.54) is 0 Å². The first-order chi connectivity index (χ1) is 7.70. The monoisotopic (exact) mass is 241 g/mol. The molecule has 0 saturated carbocycles. The molecule has 1 saturated heterocycles. The molecule has 3 nitrogen and oxygen atoms in total. The fourth-order valence-electron chi connectivity index (χ4n) is 2.81. The molecule has 1 fully saturated rings. The molecule has 0 bridgehead atoms. The molecule has 0 aromatic carbocycles. The molecule has 17 heavy (non-hydrogen) atoms. The lowest BCUT2D eigenvalue weighted by Gasteiger charge is -2.47. The lowest BCUT2D eigenvalue weighted by atomic mass is 9.98. The van der Waals surface area contributed by atoms with Crippen LogP contribution in [0.4, 0.5) is 0 Å². The Morgan fingerprint density at radius 2 is 1.65 bits per heavy atom. The van der Waals surface area contributed by atoms with Crippen molar-refractivity contribution in [3.63, 3.8) is 0 Å². The molecule has 3 heteroatoms. The average molecular weight is 241 g/mol. The maximum Gasteiger partial charge on any atom is 0.129 e. The number of hydrogen-bond acceptors (Lipinski definition) is 3. The summed E-state index contributed by atoms with van der Waals surface area (Å²) in [6, 6.07) is 0. The van der Waals surface area contributed by atoms with Gasteiger partial charge in [0.25, 0.3) is 0 Å². The van der Waals surface area contributed by atoms with Crippen LogP contribution in [0.15, 0.2) is 0 Å². The van der Waals surface area contributed by atoms with Gasteiger partial charge in [-0.05, 0) is 54.0 Å². The third kappa shape index (κ3) is 5.64. The van der Waals surface area contributed by atoms with E-state index in [0.717, 1.165) is 38.9 Å². The molecule has 0 radical (unpaired) electrons. The van der Waals surface area contributed by atoms with Crippen molar-refractivity contribution in [2.45, 2.75) is 65.1 Å². The fourth-order valence-corrected chi connectivity index (χ4v) is 2.81. The van der Waals surface area contributed by atoms with Gasteiger partial charge in [0.1, 0.15) is 5.78 Å². The summed E-state index contributed by atoms with van der Waals surface area (Å²) >= 11 is 0. The van der Waals surface area contributed by atoms with Gasteiger partial charge in [0.05, 0.1) is 11.2 Å². The minimum Gasteiger partial charge on any atom is -0.367 e. The highest BCUT2D eigenvalue weighted by Gasteiger charge is 2.37. The van der Waals surface area contributed by atoms with Crippen molar-refractivity contribution in [2.24, 2.45) is 0 Å². The molecule has 0 amide bonds. The molecular weight excluding hydrogens is 214 g/mol. The quantitative estimate of drug-likeness (QED) is 0.693. The SMILES string of the molecule is CC(=O)CCCCN1CC(C)(C)OC(C)(C)C1. The Morgan fingerprint density at radius 1 is 1.12 bits per heavy atom. The molecule has 0 spiro atoms. The van der Waals surface area contributed by atoms with Crippen LogP contribution >= 0.6 is 0 Å². The van der Waals surface area contributed by atoms with E-state index < -0.39 is 0 Å². The number of ether oxygens (including phenoxy) is 1. The zero-order valence-electron chi connectivity index (χ0n) is 12.0. The number of hydrogen-bond donors (Lipinski definition) is 0. The number of rotatable bonds is 5. The van der Waals surface area contributed by atoms with Crippen molar-refractivity contribution in [3.05, 3.63) is 0 Å². The van der Waals surface area contributed by atoms with Gasteiger partial charge in [0.15, 0.2) is 0 Å². The number of Topliss-reactive ketones (excluding diaryl/α,β-unsaturated/α-hetero) is 1. The van der Waals surface area contributed by atoms with Crippen LogP contribution in [0.3, 0.4) is 0 Å². The third-order valence-corrected chi connectivity index (χ3v) is 3.01. The summed E-state index contributed by atoms with van der Waals surface area (Å²) in [5.74, 6) is 0.299. The summed E-state index contributed by atoms with van der Waals surface area (Å²) in [6.45, 7) is 13.3. The molecule has 0 aromatic heterocycles. The summed E-state index contributed by atoms with van der Waals surface area (Å²) in [5, 5.41) is 0. The summed E-state index contributed by atoms with van der Waals surface area (Å²) in [4.78, 5) is 13.3. The minimum atomic E-state index is -0.0671. The first-order valence-electron chi connectivity index (χ1n) is 6.62. The first-order valence-corrected chi connectivity index (χ1v) is 6.62. The highest BCUT2D eigenvalue weighted by Crippen LogP contribution is 2.28. The van der Waals surface area contributed by atoms with Gasteiger partial charge in [0, 0.05) is 19.5 Å². The molecule has 1 aliphatic rings. The second-order valence-corrected chi connectivity index (χ2v) is 6.49. The van der Waals surface area contributed by atoms with Crippen LogP contribution < -0.4 is 0 Å². The zero-order valence-corrected chi connectivity index (χ0v) is 12.0. The Hall–Kier alpha value is -0.410. The lowest BCUT2D eigenvalue weighted by molar-refractivity contribution is -0.180. The lowest BCUT2D eigenvalue weighted by Crippen LogP contribution is -2.57. The van der Waals surface area contributed by atoms with Gasteiger partial charge in [-0.3, -0.25) is 4.90 Å². The highest BCUT2D eigenvalue weighted by atomic mass is 16.5. The average Bonchev–Trinajstić information content (AvgIpc) is 2.06. The number of morpholine rings is 1. The van der Waals surface area contributed by atoms with Crippen LogP contribution in [-0.2, 0) is 9.53 Å². The minimum absolute atomic E-state index is 0.0671. The standard InChI is InChI=1S/C14H27NO2/c1-12(16)8-6-7-9-15-10-13(2,3)17-14(4,5)11-15/h6-11H2,1-5H3. The number of nitrogens with zero attached hydrogens (tertiary/aromatic N) is 1. The molecule has 1 heterocycles. The van der Waals surface area contributed by atoms with E-state index in [1.54, 1.807) is 6.92 Å². The molecule has 1 aliphatic heterocycles. The summed E-state index contributed by atoms with van der Waals surface area (Å²) in [6.07, 6.45) is 2.83. The summed E-state index contributed by atoms with van der Waals surface area (Å²) < 4.78 is 6.04. The van der Waals surface area contributed by atoms with Crippen molar-refractivity contribution >= 4 is 5.78 Å². The van der Waals surface area contributed by atoms with E-state index in [0.29, 0.717) is 5.78 Å². The molecule has 0 unspecified atom stereocenters.